The monoisotopic (exact) mass is 302 g/mol. The quantitative estimate of drug-likeness (QED) is 0.897. The smallest absolute Gasteiger partial charge is 0.243 e. The Morgan fingerprint density at radius 3 is 2.45 bits per heavy atom. The molecule has 0 amide bonds. The molecule has 2 heterocycles. The normalized spacial score (nSPS) is 27.5. The molecule has 110 valence electrons. The van der Waals surface area contributed by atoms with E-state index in [0.717, 1.165) is 38.1 Å². The lowest BCUT2D eigenvalue weighted by Gasteiger charge is -2.22. The van der Waals surface area contributed by atoms with Gasteiger partial charge in [0.1, 0.15) is 11.6 Å². The van der Waals surface area contributed by atoms with E-state index in [1.54, 1.807) is 0 Å². The number of nitrogens with one attached hydrogen (secondary N) is 1. The minimum absolute atomic E-state index is 0.0149. The Balaban J connectivity index is 1.89. The summed E-state index contributed by atoms with van der Waals surface area (Å²) in [6.07, 6.45) is 1.73. The SMILES string of the molecule is O=S(=O)(c1cc(F)cc(F)c1)N1CCC2(CCNC2)C1. The summed E-state index contributed by atoms with van der Waals surface area (Å²) >= 11 is 0. The molecule has 1 spiro atoms. The molecule has 2 aliphatic heterocycles. The zero-order valence-corrected chi connectivity index (χ0v) is 11.7. The Kier molecular flexibility index (Phi) is 3.30. The fourth-order valence-corrected chi connectivity index (χ4v) is 4.67. The number of benzene rings is 1. The summed E-state index contributed by atoms with van der Waals surface area (Å²) in [5.41, 5.74) is -0.0149. The van der Waals surface area contributed by atoms with Crippen molar-refractivity contribution >= 4 is 10.0 Å². The minimum atomic E-state index is -3.82. The second-order valence-corrected chi connectivity index (χ2v) is 7.56. The second kappa shape index (κ2) is 4.75. The summed E-state index contributed by atoms with van der Waals surface area (Å²) < 4.78 is 52.7. The van der Waals surface area contributed by atoms with Gasteiger partial charge in [-0.05, 0) is 36.9 Å². The third kappa shape index (κ3) is 2.34. The molecule has 1 N–H and O–H groups in total. The number of nitrogens with zero attached hydrogens (tertiary/aromatic N) is 1. The maximum atomic E-state index is 13.2. The van der Waals surface area contributed by atoms with Gasteiger partial charge >= 0.3 is 0 Å². The first kappa shape index (κ1) is 13.9. The number of hydrogen-bond acceptors (Lipinski definition) is 3. The van der Waals surface area contributed by atoms with Gasteiger partial charge in [-0.15, -0.1) is 0 Å². The highest BCUT2D eigenvalue weighted by Gasteiger charge is 2.44. The highest BCUT2D eigenvalue weighted by Crippen LogP contribution is 2.38. The molecule has 0 aliphatic carbocycles. The van der Waals surface area contributed by atoms with Crippen LogP contribution < -0.4 is 5.32 Å². The average molecular weight is 302 g/mol. The van der Waals surface area contributed by atoms with Gasteiger partial charge in [0, 0.05) is 25.7 Å². The molecular formula is C13H16F2N2O2S. The standard InChI is InChI=1S/C13H16F2N2O2S/c14-10-5-11(15)7-12(6-10)20(18,19)17-4-2-13(9-17)1-3-16-8-13/h5-7,16H,1-4,8-9H2. The van der Waals surface area contributed by atoms with Gasteiger partial charge in [0.05, 0.1) is 4.90 Å². The van der Waals surface area contributed by atoms with Crippen LogP contribution in [0.15, 0.2) is 23.1 Å². The predicted molar refractivity (Wildman–Crippen MR) is 69.7 cm³/mol. The van der Waals surface area contributed by atoms with E-state index in [1.807, 2.05) is 0 Å². The first-order valence-corrected chi connectivity index (χ1v) is 8.02. The number of sulfonamides is 1. The van der Waals surface area contributed by atoms with Crippen LogP contribution in [-0.4, -0.2) is 38.9 Å². The van der Waals surface area contributed by atoms with E-state index in [0.29, 0.717) is 19.2 Å². The topological polar surface area (TPSA) is 49.4 Å². The lowest BCUT2D eigenvalue weighted by molar-refractivity contribution is 0.338. The summed E-state index contributed by atoms with van der Waals surface area (Å²) in [5, 5.41) is 3.24. The number of halogens is 2. The van der Waals surface area contributed by atoms with Gasteiger partial charge in [0.2, 0.25) is 10.0 Å². The third-order valence-corrected chi connectivity index (χ3v) is 6.03. The summed E-state index contributed by atoms with van der Waals surface area (Å²) in [7, 11) is -3.82. The molecule has 0 aromatic heterocycles. The first-order valence-electron chi connectivity index (χ1n) is 6.58. The van der Waals surface area contributed by atoms with Crippen molar-refractivity contribution in [3.8, 4) is 0 Å². The van der Waals surface area contributed by atoms with Crippen molar-refractivity contribution in [3.63, 3.8) is 0 Å². The largest absolute Gasteiger partial charge is 0.316 e. The van der Waals surface area contributed by atoms with Crippen LogP contribution in [0.1, 0.15) is 12.8 Å². The third-order valence-electron chi connectivity index (χ3n) is 4.21. The average Bonchev–Trinajstić information content (AvgIpc) is 2.99. The van der Waals surface area contributed by atoms with E-state index in [4.69, 9.17) is 0 Å². The van der Waals surface area contributed by atoms with E-state index in [2.05, 4.69) is 5.32 Å². The van der Waals surface area contributed by atoms with E-state index in [-0.39, 0.29) is 10.3 Å². The highest BCUT2D eigenvalue weighted by atomic mass is 32.2. The van der Waals surface area contributed by atoms with Gasteiger partial charge in [0.15, 0.2) is 0 Å². The van der Waals surface area contributed by atoms with Crippen molar-refractivity contribution in [2.24, 2.45) is 5.41 Å². The van der Waals surface area contributed by atoms with Crippen LogP contribution in [0.2, 0.25) is 0 Å². The van der Waals surface area contributed by atoms with Crippen LogP contribution in [0.3, 0.4) is 0 Å². The molecule has 2 fully saturated rings. The molecule has 2 saturated heterocycles. The molecule has 0 bridgehead atoms. The molecular weight excluding hydrogens is 286 g/mol. The Labute approximate surface area is 116 Å². The molecule has 1 atom stereocenters. The molecule has 2 aliphatic rings. The lowest BCUT2D eigenvalue weighted by atomic mass is 9.87. The number of hydrogen-bond donors (Lipinski definition) is 1. The van der Waals surface area contributed by atoms with Gasteiger partial charge < -0.3 is 5.32 Å². The molecule has 20 heavy (non-hydrogen) atoms. The van der Waals surface area contributed by atoms with Crippen LogP contribution >= 0.6 is 0 Å². The zero-order chi connectivity index (χ0) is 14.4. The van der Waals surface area contributed by atoms with Gasteiger partial charge in [-0.25, -0.2) is 17.2 Å². The Morgan fingerprint density at radius 2 is 1.85 bits per heavy atom. The van der Waals surface area contributed by atoms with E-state index >= 15 is 0 Å². The Hall–Kier alpha value is -1.05. The molecule has 7 heteroatoms. The van der Waals surface area contributed by atoms with Crippen LogP contribution in [-0.2, 0) is 10.0 Å². The van der Waals surface area contributed by atoms with Gasteiger partial charge in [-0.1, -0.05) is 0 Å². The van der Waals surface area contributed by atoms with E-state index in [9.17, 15) is 17.2 Å². The van der Waals surface area contributed by atoms with Gasteiger partial charge in [-0.2, -0.15) is 4.31 Å². The van der Waals surface area contributed by atoms with Crippen molar-refractivity contribution < 1.29 is 17.2 Å². The molecule has 1 aromatic rings. The van der Waals surface area contributed by atoms with Crippen LogP contribution in [0, 0.1) is 17.0 Å². The van der Waals surface area contributed by atoms with Crippen molar-refractivity contribution in [1.29, 1.82) is 0 Å². The second-order valence-electron chi connectivity index (χ2n) is 5.62. The van der Waals surface area contributed by atoms with E-state index < -0.39 is 21.7 Å². The van der Waals surface area contributed by atoms with Crippen LogP contribution in [0.4, 0.5) is 8.78 Å². The van der Waals surface area contributed by atoms with Gasteiger partial charge in [-0.3, -0.25) is 0 Å². The van der Waals surface area contributed by atoms with Crippen LogP contribution in [0.25, 0.3) is 0 Å². The lowest BCUT2D eigenvalue weighted by Crippen LogP contribution is -2.33. The summed E-state index contributed by atoms with van der Waals surface area (Å²) in [5.74, 6) is -1.75. The van der Waals surface area contributed by atoms with Gasteiger partial charge in [0.25, 0.3) is 0 Å². The zero-order valence-electron chi connectivity index (χ0n) is 10.9. The molecule has 4 nitrogen and oxygen atoms in total. The maximum Gasteiger partial charge on any atom is 0.243 e. The summed E-state index contributed by atoms with van der Waals surface area (Å²) in [6.45, 7) is 2.52. The first-order chi connectivity index (χ1) is 9.41. The van der Waals surface area contributed by atoms with Crippen molar-refractivity contribution in [2.75, 3.05) is 26.2 Å². The van der Waals surface area contributed by atoms with E-state index in [1.165, 1.54) is 4.31 Å². The predicted octanol–water partition coefficient (Wildman–Crippen LogP) is 1.34. The van der Waals surface area contributed by atoms with Crippen LogP contribution in [0.5, 0.6) is 0 Å². The van der Waals surface area contributed by atoms with Crippen molar-refractivity contribution in [2.45, 2.75) is 17.7 Å². The molecule has 3 rings (SSSR count). The molecule has 0 saturated carbocycles. The fraction of sp³-hybridized carbons (Fsp3) is 0.538. The summed E-state index contributed by atoms with van der Waals surface area (Å²) in [6, 6.07) is 2.41. The number of rotatable bonds is 2. The molecule has 1 unspecified atom stereocenters. The fourth-order valence-electron chi connectivity index (χ4n) is 3.07. The van der Waals surface area contributed by atoms with Crippen molar-refractivity contribution in [3.05, 3.63) is 29.8 Å². The summed E-state index contributed by atoms with van der Waals surface area (Å²) in [4.78, 5) is -0.307. The van der Waals surface area contributed by atoms with Crippen molar-refractivity contribution in [1.82, 2.24) is 9.62 Å². The minimum Gasteiger partial charge on any atom is -0.316 e. The maximum absolute atomic E-state index is 13.2. The molecule has 1 aromatic carbocycles. The Bertz CT molecular complexity index is 607. The molecule has 0 radical (unpaired) electrons. The highest BCUT2D eigenvalue weighted by molar-refractivity contribution is 7.89. The Morgan fingerprint density at radius 1 is 1.15 bits per heavy atom.